The van der Waals surface area contributed by atoms with Gasteiger partial charge in [-0.25, -0.2) is 9.78 Å². The monoisotopic (exact) mass is 359 g/mol. The van der Waals surface area contributed by atoms with Gasteiger partial charge in [0.15, 0.2) is 5.75 Å². The van der Waals surface area contributed by atoms with Crippen LogP contribution in [0.5, 0.6) is 17.4 Å². The molecule has 7 heteroatoms. The lowest BCUT2D eigenvalue weighted by Crippen LogP contribution is -2.03. The summed E-state index contributed by atoms with van der Waals surface area (Å²) in [5, 5.41) is 9.65. The van der Waals surface area contributed by atoms with Crippen molar-refractivity contribution in [3.8, 4) is 28.6 Å². The Hall–Kier alpha value is -3.12. The smallest absolute Gasteiger partial charge is 0.341 e. The minimum atomic E-state index is -1.19. The zero-order valence-electron chi connectivity index (χ0n) is 12.6. The van der Waals surface area contributed by atoms with Crippen LogP contribution in [0.15, 0.2) is 60.7 Å². The van der Waals surface area contributed by atoms with Gasteiger partial charge in [-0.2, -0.15) is 0 Å². The molecule has 0 fully saturated rings. The van der Waals surface area contributed by atoms with Crippen molar-refractivity contribution >= 4 is 17.6 Å². The fourth-order valence-electron chi connectivity index (χ4n) is 2.18. The van der Waals surface area contributed by atoms with Crippen molar-refractivity contribution in [3.05, 3.63) is 71.2 Å². The molecule has 0 aliphatic rings. The van der Waals surface area contributed by atoms with Crippen LogP contribution in [0.2, 0.25) is 5.02 Å². The summed E-state index contributed by atoms with van der Waals surface area (Å²) in [6.07, 6.45) is 0. The summed E-state index contributed by atoms with van der Waals surface area (Å²) in [7, 11) is 0. The number of pyridine rings is 1. The number of hydrogen-bond donors (Lipinski definition) is 1. The van der Waals surface area contributed by atoms with E-state index in [1.54, 1.807) is 36.4 Å². The third kappa shape index (κ3) is 3.70. The second-order valence-electron chi connectivity index (χ2n) is 4.99. The van der Waals surface area contributed by atoms with Gasteiger partial charge < -0.3 is 9.84 Å². The average Bonchev–Trinajstić information content (AvgIpc) is 2.63. The van der Waals surface area contributed by atoms with Crippen LogP contribution in [-0.2, 0) is 0 Å². The molecule has 0 radical (unpaired) electrons. The minimum Gasteiger partial charge on any atom is -0.477 e. The summed E-state index contributed by atoms with van der Waals surface area (Å²) >= 11 is 6.04. The summed E-state index contributed by atoms with van der Waals surface area (Å²) in [6, 6.07) is 15.6. The molecule has 25 heavy (non-hydrogen) atoms. The maximum absolute atomic E-state index is 12.4. The van der Waals surface area contributed by atoms with Gasteiger partial charge in [-0.3, -0.25) is 4.94 Å². The van der Waals surface area contributed by atoms with Crippen molar-refractivity contribution in [2.45, 2.75) is 0 Å². The van der Waals surface area contributed by atoms with E-state index in [2.05, 4.69) is 9.93 Å². The number of carbonyl (C=O) groups is 1. The predicted octanol–water partition coefficient (Wildman–Crippen LogP) is 5.16. The van der Waals surface area contributed by atoms with E-state index in [0.29, 0.717) is 16.3 Å². The molecule has 0 atom stereocenters. The lowest BCUT2D eigenvalue weighted by Gasteiger charge is -2.11. The molecule has 1 aromatic heterocycles. The molecule has 0 amide bonds. The van der Waals surface area contributed by atoms with E-state index in [9.17, 15) is 14.4 Å². The maximum Gasteiger partial charge on any atom is 0.341 e. The quantitative estimate of drug-likeness (QED) is 0.681. The highest BCUT2D eigenvalue weighted by Gasteiger charge is 2.16. The Kier molecular flexibility index (Phi) is 4.81. The Balaban J connectivity index is 2.06. The van der Waals surface area contributed by atoms with Crippen LogP contribution in [0.25, 0.3) is 11.3 Å². The molecule has 1 heterocycles. The number of ether oxygens (including phenoxy) is 1. The molecule has 3 aromatic rings. The average molecular weight is 360 g/mol. The lowest BCUT2D eigenvalue weighted by atomic mass is 10.1. The van der Waals surface area contributed by atoms with Gasteiger partial charge >= 0.3 is 5.97 Å². The van der Waals surface area contributed by atoms with Crippen molar-refractivity contribution in [1.82, 2.24) is 4.98 Å². The van der Waals surface area contributed by atoms with Crippen molar-refractivity contribution in [2.75, 3.05) is 0 Å². The maximum atomic E-state index is 12.4. The molecule has 0 saturated heterocycles. The number of halogens is 2. The largest absolute Gasteiger partial charge is 0.477 e. The number of para-hydroxylation sites is 1. The number of benzene rings is 2. The summed E-state index contributed by atoms with van der Waals surface area (Å²) in [5.74, 6) is -1.03. The predicted molar refractivity (Wildman–Crippen MR) is 89.9 cm³/mol. The van der Waals surface area contributed by atoms with Crippen LogP contribution in [0, 0.1) is 0 Å². The van der Waals surface area contributed by atoms with Gasteiger partial charge in [-0.05, 0) is 36.4 Å². The third-order valence-corrected chi connectivity index (χ3v) is 3.67. The van der Waals surface area contributed by atoms with Crippen molar-refractivity contribution < 1.29 is 24.1 Å². The van der Waals surface area contributed by atoms with Gasteiger partial charge in [-0.15, -0.1) is 0 Å². The van der Waals surface area contributed by atoms with Crippen LogP contribution in [-0.4, -0.2) is 16.1 Å². The number of aromatic nitrogens is 1. The molecule has 0 bridgehead atoms. The zero-order chi connectivity index (χ0) is 17.8. The number of rotatable bonds is 5. The van der Waals surface area contributed by atoms with E-state index < -0.39 is 5.97 Å². The standard InChI is InChI=1S/C18H11ClFNO4/c19-14-6-1-2-7-16(14)24-17-13(18(22)23)8-9-15(21-17)11-4-3-5-12(10-11)25-20/h1-10H,(H,22,23). The molecular weight excluding hydrogens is 349 g/mol. The van der Waals surface area contributed by atoms with Gasteiger partial charge in [0.2, 0.25) is 5.88 Å². The highest BCUT2D eigenvalue weighted by molar-refractivity contribution is 6.32. The highest BCUT2D eigenvalue weighted by atomic mass is 35.5. The Bertz CT molecular complexity index is 932. The van der Waals surface area contributed by atoms with Crippen molar-refractivity contribution in [2.24, 2.45) is 0 Å². The lowest BCUT2D eigenvalue weighted by molar-refractivity contribution is -0.00614. The van der Waals surface area contributed by atoms with E-state index in [0.717, 1.165) is 0 Å². The minimum absolute atomic E-state index is 0.00943. The fraction of sp³-hybridized carbons (Fsp3) is 0. The normalized spacial score (nSPS) is 10.3. The second-order valence-corrected chi connectivity index (χ2v) is 5.40. The SMILES string of the molecule is O=C(O)c1ccc(-c2cccc(OF)c2)nc1Oc1ccccc1Cl. The van der Waals surface area contributed by atoms with Gasteiger partial charge in [0, 0.05) is 10.1 Å². The van der Waals surface area contributed by atoms with Crippen LogP contribution in [0.3, 0.4) is 0 Å². The number of hydrogen-bond acceptors (Lipinski definition) is 4. The summed E-state index contributed by atoms with van der Waals surface area (Å²) < 4.78 is 18.0. The molecule has 126 valence electrons. The summed E-state index contributed by atoms with van der Waals surface area (Å²) in [4.78, 5) is 19.4. The van der Waals surface area contributed by atoms with Crippen LogP contribution in [0.4, 0.5) is 4.53 Å². The van der Waals surface area contributed by atoms with E-state index >= 15 is 0 Å². The number of carboxylic acid groups (broad SMARTS) is 1. The van der Waals surface area contributed by atoms with Gasteiger partial charge in [0.1, 0.15) is 11.3 Å². The van der Waals surface area contributed by atoms with E-state index in [4.69, 9.17) is 16.3 Å². The molecular formula is C18H11ClFNO4. The first-order chi connectivity index (χ1) is 12.1. The van der Waals surface area contributed by atoms with Gasteiger partial charge in [0.25, 0.3) is 0 Å². The fourth-order valence-corrected chi connectivity index (χ4v) is 2.35. The van der Waals surface area contributed by atoms with E-state index in [-0.39, 0.29) is 22.9 Å². The second kappa shape index (κ2) is 7.19. The van der Waals surface area contributed by atoms with Crippen LogP contribution in [0.1, 0.15) is 10.4 Å². The summed E-state index contributed by atoms with van der Waals surface area (Å²) in [5.41, 5.74) is 0.809. The van der Waals surface area contributed by atoms with Crippen LogP contribution >= 0.6 is 11.6 Å². The van der Waals surface area contributed by atoms with Gasteiger partial charge in [-0.1, -0.05) is 35.9 Å². The molecule has 0 aliphatic heterocycles. The summed E-state index contributed by atoms with van der Waals surface area (Å²) in [6.45, 7) is 0. The van der Waals surface area contributed by atoms with Crippen LogP contribution < -0.4 is 9.68 Å². The van der Waals surface area contributed by atoms with Crippen molar-refractivity contribution in [3.63, 3.8) is 0 Å². The number of carboxylic acids is 1. The Morgan fingerprint density at radius 1 is 1.08 bits per heavy atom. The molecule has 5 nitrogen and oxygen atoms in total. The Labute approximate surface area is 147 Å². The molecule has 2 aromatic carbocycles. The zero-order valence-corrected chi connectivity index (χ0v) is 13.4. The first kappa shape index (κ1) is 16.7. The van der Waals surface area contributed by atoms with Crippen molar-refractivity contribution in [1.29, 1.82) is 0 Å². The Morgan fingerprint density at radius 2 is 1.88 bits per heavy atom. The molecule has 1 N–H and O–H groups in total. The highest BCUT2D eigenvalue weighted by Crippen LogP contribution is 2.32. The third-order valence-electron chi connectivity index (χ3n) is 3.35. The van der Waals surface area contributed by atoms with E-state index in [1.807, 2.05) is 0 Å². The first-order valence-electron chi connectivity index (χ1n) is 7.14. The molecule has 0 spiro atoms. The molecule has 0 unspecified atom stereocenters. The molecule has 0 saturated carbocycles. The first-order valence-corrected chi connectivity index (χ1v) is 7.52. The van der Waals surface area contributed by atoms with E-state index in [1.165, 1.54) is 24.3 Å². The number of nitrogens with zero attached hydrogens (tertiary/aromatic N) is 1. The topological polar surface area (TPSA) is 68.7 Å². The number of aromatic carboxylic acids is 1. The van der Waals surface area contributed by atoms with Gasteiger partial charge in [0.05, 0.1) is 10.7 Å². The molecule has 3 rings (SSSR count). The molecule has 0 aliphatic carbocycles. The Morgan fingerprint density at radius 3 is 2.60 bits per heavy atom.